The minimum atomic E-state index is -0.304. The first-order valence-electron chi connectivity index (χ1n) is 9.92. The number of thiazole rings is 1. The molecule has 31 heavy (non-hydrogen) atoms. The van der Waals surface area contributed by atoms with Gasteiger partial charge in [0, 0.05) is 37.2 Å². The summed E-state index contributed by atoms with van der Waals surface area (Å²) < 4.78 is 15.2. The fraction of sp³-hybridized carbons (Fsp3) is 0.174. The van der Waals surface area contributed by atoms with Crippen molar-refractivity contribution in [2.75, 3.05) is 13.6 Å². The predicted octanol–water partition coefficient (Wildman–Crippen LogP) is 4.70. The molecule has 0 aliphatic heterocycles. The summed E-state index contributed by atoms with van der Waals surface area (Å²) in [5.41, 5.74) is 5.02. The van der Waals surface area contributed by atoms with Crippen LogP contribution in [0.1, 0.15) is 21.9 Å². The van der Waals surface area contributed by atoms with Crippen molar-refractivity contribution in [2.24, 2.45) is 0 Å². The van der Waals surface area contributed by atoms with Gasteiger partial charge >= 0.3 is 0 Å². The van der Waals surface area contributed by atoms with Gasteiger partial charge in [0.15, 0.2) is 4.96 Å². The van der Waals surface area contributed by atoms with E-state index >= 15 is 0 Å². The van der Waals surface area contributed by atoms with Crippen LogP contribution in [0.25, 0.3) is 27.3 Å². The fourth-order valence-corrected chi connectivity index (χ4v) is 4.50. The number of H-pyrrole nitrogens is 1. The maximum absolute atomic E-state index is 13.4. The lowest BCUT2D eigenvalue weighted by molar-refractivity contribution is 0.0789. The number of nitrogens with one attached hydrogen (secondary N) is 1. The fourth-order valence-electron chi connectivity index (χ4n) is 3.65. The van der Waals surface area contributed by atoms with E-state index in [2.05, 4.69) is 23.0 Å². The number of hydrogen-bond donors (Lipinski definition) is 1. The Morgan fingerprint density at radius 3 is 2.90 bits per heavy atom. The number of aryl methyl sites for hydroxylation is 1. The minimum absolute atomic E-state index is 0.0814. The number of aromatic nitrogens is 4. The number of likely N-dealkylation sites (N-methyl/N-ethyl adjacent to an activating group) is 1. The number of rotatable bonds is 5. The summed E-state index contributed by atoms with van der Waals surface area (Å²) in [7, 11) is 1.77. The zero-order valence-corrected chi connectivity index (χ0v) is 17.9. The molecule has 5 rings (SSSR count). The molecule has 1 N–H and O–H groups in total. The lowest BCUT2D eigenvalue weighted by Crippen LogP contribution is -2.29. The first kappa shape index (κ1) is 19.4. The molecule has 0 radical (unpaired) electrons. The molecule has 0 spiro atoms. The molecule has 0 unspecified atom stereocenters. The van der Waals surface area contributed by atoms with Crippen molar-refractivity contribution in [1.82, 2.24) is 24.3 Å². The average Bonchev–Trinajstić information content (AvgIpc) is 3.45. The topological polar surface area (TPSA) is 66.3 Å². The summed E-state index contributed by atoms with van der Waals surface area (Å²) in [6.07, 6.45) is 2.47. The molecule has 3 aromatic heterocycles. The van der Waals surface area contributed by atoms with E-state index in [0.717, 1.165) is 27.6 Å². The number of benzene rings is 2. The van der Waals surface area contributed by atoms with Crippen LogP contribution in [0.4, 0.5) is 4.39 Å². The van der Waals surface area contributed by atoms with E-state index in [1.54, 1.807) is 18.0 Å². The van der Waals surface area contributed by atoms with Crippen molar-refractivity contribution in [2.45, 2.75) is 13.3 Å². The van der Waals surface area contributed by atoms with Crippen molar-refractivity contribution in [1.29, 1.82) is 0 Å². The Kier molecular flexibility index (Phi) is 4.78. The highest BCUT2D eigenvalue weighted by Gasteiger charge is 2.19. The molecular formula is C23H20FN5OS. The Labute approximate surface area is 182 Å². The number of halogens is 1. The lowest BCUT2D eigenvalue weighted by atomic mass is 10.1. The summed E-state index contributed by atoms with van der Waals surface area (Å²) in [6, 6.07) is 12.5. The average molecular weight is 434 g/mol. The zero-order chi connectivity index (χ0) is 21.5. The lowest BCUT2D eigenvalue weighted by Gasteiger charge is -2.15. The van der Waals surface area contributed by atoms with Gasteiger partial charge < -0.3 is 9.88 Å². The number of amides is 1. The minimum Gasteiger partial charge on any atom is -0.342 e. The Hall–Kier alpha value is -3.52. The van der Waals surface area contributed by atoms with E-state index in [9.17, 15) is 9.18 Å². The van der Waals surface area contributed by atoms with E-state index in [1.807, 2.05) is 34.2 Å². The van der Waals surface area contributed by atoms with Crippen molar-refractivity contribution in [3.8, 4) is 11.3 Å². The highest BCUT2D eigenvalue weighted by molar-refractivity contribution is 7.15. The highest BCUT2D eigenvalue weighted by atomic mass is 32.1. The van der Waals surface area contributed by atoms with E-state index in [0.29, 0.717) is 29.7 Å². The molecule has 0 fully saturated rings. The number of imidazole rings is 2. The number of carbonyl (C=O) groups is 1. The van der Waals surface area contributed by atoms with Crippen LogP contribution in [0.5, 0.6) is 0 Å². The van der Waals surface area contributed by atoms with Crippen LogP contribution < -0.4 is 0 Å². The maximum Gasteiger partial charge on any atom is 0.271 e. The number of carbonyl (C=O) groups excluding carboxylic acids is 1. The number of aromatic amines is 1. The van der Waals surface area contributed by atoms with Crippen LogP contribution in [0.2, 0.25) is 0 Å². The molecular weight excluding hydrogens is 413 g/mol. The van der Waals surface area contributed by atoms with Crippen LogP contribution in [0.3, 0.4) is 0 Å². The Bertz CT molecular complexity index is 1420. The Morgan fingerprint density at radius 2 is 2.06 bits per heavy atom. The predicted molar refractivity (Wildman–Crippen MR) is 120 cm³/mol. The molecule has 0 saturated carbocycles. The number of hydrogen-bond acceptors (Lipinski definition) is 4. The van der Waals surface area contributed by atoms with Crippen molar-refractivity contribution >= 4 is 33.2 Å². The van der Waals surface area contributed by atoms with Crippen LogP contribution in [-0.2, 0) is 6.42 Å². The van der Waals surface area contributed by atoms with Gasteiger partial charge in [-0.25, -0.2) is 14.4 Å². The van der Waals surface area contributed by atoms with E-state index < -0.39 is 0 Å². The normalized spacial score (nSPS) is 11.5. The third-order valence-electron chi connectivity index (χ3n) is 5.37. The first-order valence-corrected chi connectivity index (χ1v) is 10.8. The third kappa shape index (κ3) is 3.59. The van der Waals surface area contributed by atoms with Gasteiger partial charge in [0.05, 0.1) is 16.7 Å². The molecule has 5 aromatic rings. The summed E-state index contributed by atoms with van der Waals surface area (Å²) in [5, 5.41) is 1.84. The smallest absolute Gasteiger partial charge is 0.271 e. The number of nitrogens with zero attached hydrogens (tertiary/aromatic N) is 4. The van der Waals surface area contributed by atoms with Crippen molar-refractivity contribution < 1.29 is 9.18 Å². The van der Waals surface area contributed by atoms with Gasteiger partial charge in [-0.05, 0) is 30.7 Å². The maximum atomic E-state index is 13.4. The second-order valence-corrected chi connectivity index (χ2v) is 8.37. The standard InChI is InChI=1S/C23H20FN5OS/c1-14-5-3-4-6-16(14)19-12-29-20(13-31-23(29)27-19)22(30)28(2)10-9-21-25-17-8-7-15(24)11-18(17)26-21/h3-8,11-13H,9-10H2,1-2H3,(H,25,26). The summed E-state index contributed by atoms with van der Waals surface area (Å²) in [6.45, 7) is 2.53. The van der Waals surface area contributed by atoms with E-state index in [4.69, 9.17) is 4.98 Å². The van der Waals surface area contributed by atoms with Crippen molar-refractivity contribution in [3.05, 3.63) is 76.9 Å². The van der Waals surface area contributed by atoms with Crippen LogP contribution in [0.15, 0.2) is 54.0 Å². The largest absolute Gasteiger partial charge is 0.342 e. The summed E-state index contributed by atoms with van der Waals surface area (Å²) in [4.78, 5) is 27.8. The molecule has 8 heteroatoms. The molecule has 0 saturated heterocycles. The third-order valence-corrected chi connectivity index (χ3v) is 6.21. The highest BCUT2D eigenvalue weighted by Crippen LogP contribution is 2.26. The number of fused-ring (bicyclic) bond motifs is 2. The summed E-state index contributed by atoms with van der Waals surface area (Å²) >= 11 is 1.45. The van der Waals surface area contributed by atoms with Crippen LogP contribution in [0, 0.1) is 12.7 Å². The molecule has 0 aliphatic carbocycles. The monoisotopic (exact) mass is 433 g/mol. The van der Waals surface area contributed by atoms with Gasteiger partial charge in [0.25, 0.3) is 5.91 Å². The summed E-state index contributed by atoms with van der Waals surface area (Å²) in [5.74, 6) is 0.337. The Morgan fingerprint density at radius 1 is 1.23 bits per heavy atom. The molecule has 6 nitrogen and oxygen atoms in total. The van der Waals surface area contributed by atoms with Gasteiger partial charge in [-0.1, -0.05) is 24.3 Å². The van der Waals surface area contributed by atoms with Gasteiger partial charge in [-0.15, -0.1) is 11.3 Å². The molecule has 0 aliphatic rings. The molecule has 0 bridgehead atoms. The second-order valence-electron chi connectivity index (χ2n) is 7.54. The second kappa shape index (κ2) is 7.63. The molecule has 2 aromatic carbocycles. The van der Waals surface area contributed by atoms with Crippen LogP contribution in [-0.4, -0.2) is 43.8 Å². The quantitative estimate of drug-likeness (QED) is 0.437. The SMILES string of the molecule is Cc1ccccc1-c1cn2c(C(=O)N(C)CCc3nc4ccc(F)cc4[nH]3)csc2n1. The molecule has 0 atom stereocenters. The first-order chi connectivity index (χ1) is 15.0. The van der Waals surface area contributed by atoms with Gasteiger partial charge in [-0.3, -0.25) is 9.20 Å². The van der Waals surface area contributed by atoms with E-state index in [1.165, 1.54) is 23.5 Å². The van der Waals surface area contributed by atoms with Crippen LogP contribution >= 0.6 is 11.3 Å². The molecule has 156 valence electrons. The zero-order valence-electron chi connectivity index (χ0n) is 17.1. The van der Waals surface area contributed by atoms with Crippen molar-refractivity contribution in [3.63, 3.8) is 0 Å². The Balaban J connectivity index is 1.34. The van der Waals surface area contributed by atoms with Gasteiger partial charge in [-0.2, -0.15) is 0 Å². The van der Waals surface area contributed by atoms with Gasteiger partial charge in [0.1, 0.15) is 17.3 Å². The molecule has 3 heterocycles. The van der Waals surface area contributed by atoms with E-state index in [-0.39, 0.29) is 11.7 Å². The van der Waals surface area contributed by atoms with Gasteiger partial charge in [0.2, 0.25) is 0 Å². The molecule has 1 amide bonds.